The maximum absolute atomic E-state index is 6.17. The van der Waals surface area contributed by atoms with E-state index in [2.05, 4.69) is 41.2 Å². The summed E-state index contributed by atoms with van der Waals surface area (Å²) in [6.07, 6.45) is 3.85. The van der Waals surface area contributed by atoms with Crippen molar-refractivity contribution in [2.75, 3.05) is 39.6 Å². The van der Waals surface area contributed by atoms with Gasteiger partial charge in [-0.2, -0.15) is 0 Å². The van der Waals surface area contributed by atoms with Gasteiger partial charge in [-0.25, -0.2) is 4.98 Å². The molecule has 1 aromatic heterocycles. The van der Waals surface area contributed by atoms with Crippen LogP contribution in [-0.4, -0.2) is 50.2 Å². The summed E-state index contributed by atoms with van der Waals surface area (Å²) in [5.41, 5.74) is 1.21. The van der Waals surface area contributed by atoms with E-state index in [9.17, 15) is 0 Å². The van der Waals surface area contributed by atoms with Gasteiger partial charge in [0.25, 0.3) is 0 Å². The van der Waals surface area contributed by atoms with Crippen molar-refractivity contribution in [1.82, 2.24) is 15.2 Å². The molecule has 1 aliphatic carbocycles. The second-order valence-corrected chi connectivity index (χ2v) is 6.36. The molecule has 1 fully saturated rings. The van der Waals surface area contributed by atoms with Crippen LogP contribution in [0.1, 0.15) is 25.0 Å². The molecule has 0 atom stereocenters. The zero-order chi connectivity index (χ0) is 14.8. The van der Waals surface area contributed by atoms with Crippen molar-refractivity contribution in [1.29, 1.82) is 0 Å². The number of nitrogens with one attached hydrogen (secondary N) is 1. The van der Waals surface area contributed by atoms with Crippen LogP contribution in [0, 0.1) is 0 Å². The maximum atomic E-state index is 6.17. The summed E-state index contributed by atoms with van der Waals surface area (Å²) in [4.78, 5) is 9.28. The summed E-state index contributed by atoms with van der Waals surface area (Å²) in [7, 11) is 8.37. The molecule has 1 N–H and O–H groups in total. The molecule has 1 aromatic rings. The highest BCUT2D eigenvalue weighted by Crippen LogP contribution is 2.37. The van der Waals surface area contributed by atoms with E-state index in [-0.39, 0.29) is 0 Å². The van der Waals surface area contributed by atoms with Crippen molar-refractivity contribution in [3.8, 4) is 0 Å². The van der Waals surface area contributed by atoms with Gasteiger partial charge in [-0.1, -0.05) is 11.6 Å². The van der Waals surface area contributed by atoms with Crippen LogP contribution in [0.4, 0.5) is 5.82 Å². The fourth-order valence-corrected chi connectivity index (χ4v) is 3.00. The van der Waals surface area contributed by atoms with Crippen molar-refractivity contribution in [3.05, 3.63) is 22.8 Å². The number of hydrogen-bond acceptors (Lipinski definition) is 4. The Morgan fingerprint density at radius 3 is 2.50 bits per heavy atom. The largest absolute Gasteiger partial charge is 0.358 e. The smallest absolute Gasteiger partial charge is 0.128 e. The minimum absolute atomic E-state index is 0.305. The Bertz CT molecular complexity index is 457. The third kappa shape index (κ3) is 3.08. The SMILES string of the molecule is CNCc1nc(N(C)CC2(N(C)C)CCC2)ccc1Cl. The van der Waals surface area contributed by atoms with Gasteiger partial charge in [0.2, 0.25) is 0 Å². The molecule has 5 heteroatoms. The fourth-order valence-electron chi connectivity index (χ4n) is 2.83. The highest BCUT2D eigenvalue weighted by Gasteiger charge is 2.40. The van der Waals surface area contributed by atoms with Gasteiger partial charge < -0.3 is 15.1 Å². The predicted molar refractivity (Wildman–Crippen MR) is 85.5 cm³/mol. The average molecular weight is 297 g/mol. The molecular weight excluding hydrogens is 272 g/mol. The van der Waals surface area contributed by atoms with E-state index in [1.165, 1.54) is 19.3 Å². The molecule has 0 aromatic carbocycles. The van der Waals surface area contributed by atoms with Gasteiger partial charge in [0, 0.05) is 25.7 Å². The molecule has 0 bridgehead atoms. The number of aromatic nitrogens is 1. The number of likely N-dealkylation sites (N-methyl/N-ethyl adjacent to an activating group) is 2. The van der Waals surface area contributed by atoms with Crippen LogP contribution < -0.4 is 10.2 Å². The zero-order valence-electron chi connectivity index (χ0n) is 12.9. The monoisotopic (exact) mass is 296 g/mol. The van der Waals surface area contributed by atoms with Crippen LogP contribution in [0.15, 0.2) is 12.1 Å². The molecule has 4 nitrogen and oxygen atoms in total. The Kier molecular flexibility index (Phi) is 4.89. The third-order valence-corrected chi connectivity index (χ3v) is 4.75. The Balaban J connectivity index is 2.12. The Morgan fingerprint density at radius 2 is 2.00 bits per heavy atom. The molecule has 1 heterocycles. The van der Waals surface area contributed by atoms with E-state index < -0.39 is 0 Å². The number of hydrogen-bond donors (Lipinski definition) is 1. The average Bonchev–Trinajstić information content (AvgIpc) is 2.36. The lowest BCUT2D eigenvalue weighted by atomic mass is 9.75. The third-order valence-electron chi connectivity index (χ3n) is 4.40. The van der Waals surface area contributed by atoms with E-state index >= 15 is 0 Å². The molecule has 0 saturated heterocycles. The number of anilines is 1. The highest BCUT2D eigenvalue weighted by molar-refractivity contribution is 6.31. The van der Waals surface area contributed by atoms with Crippen LogP contribution in [0.5, 0.6) is 0 Å². The van der Waals surface area contributed by atoms with Crippen LogP contribution in [-0.2, 0) is 6.54 Å². The lowest BCUT2D eigenvalue weighted by molar-refractivity contribution is 0.0682. The summed E-state index contributed by atoms with van der Waals surface area (Å²) in [5.74, 6) is 0.993. The fraction of sp³-hybridized carbons (Fsp3) is 0.667. The van der Waals surface area contributed by atoms with Gasteiger partial charge >= 0.3 is 0 Å². The summed E-state index contributed by atoms with van der Waals surface area (Å²) in [6, 6.07) is 3.94. The van der Waals surface area contributed by atoms with Gasteiger partial charge in [-0.05, 0) is 52.5 Å². The molecule has 1 aliphatic rings. The predicted octanol–water partition coefficient (Wildman–Crippen LogP) is 2.37. The normalized spacial score (nSPS) is 17.1. The molecule has 112 valence electrons. The lowest BCUT2D eigenvalue weighted by Gasteiger charge is -2.49. The van der Waals surface area contributed by atoms with E-state index in [4.69, 9.17) is 11.6 Å². The summed E-state index contributed by atoms with van der Waals surface area (Å²) >= 11 is 6.17. The van der Waals surface area contributed by atoms with Gasteiger partial charge in [0.1, 0.15) is 5.82 Å². The van der Waals surface area contributed by atoms with Crippen LogP contribution >= 0.6 is 11.6 Å². The second-order valence-electron chi connectivity index (χ2n) is 5.96. The van der Waals surface area contributed by atoms with Crippen LogP contribution in [0.3, 0.4) is 0 Å². The molecule has 0 spiro atoms. The topological polar surface area (TPSA) is 31.4 Å². The van der Waals surface area contributed by atoms with Gasteiger partial charge in [0.15, 0.2) is 0 Å². The van der Waals surface area contributed by atoms with E-state index in [0.717, 1.165) is 23.1 Å². The number of nitrogens with zero attached hydrogens (tertiary/aromatic N) is 3. The summed E-state index contributed by atoms with van der Waals surface area (Å²) in [5, 5.41) is 3.83. The molecule has 0 radical (unpaired) electrons. The minimum Gasteiger partial charge on any atom is -0.358 e. The first kappa shape index (κ1) is 15.5. The molecule has 2 rings (SSSR count). The van der Waals surface area contributed by atoms with Crippen molar-refractivity contribution in [2.45, 2.75) is 31.3 Å². The first-order valence-electron chi connectivity index (χ1n) is 7.17. The maximum Gasteiger partial charge on any atom is 0.128 e. The molecule has 0 amide bonds. The molecule has 0 aliphatic heterocycles. The second kappa shape index (κ2) is 6.29. The Hall–Kier alpha value is -0.840. The van der Waals surface area contributed by atoms with Crippen molar-refractivity contribution < 1.29 is 0 Å². The Morgan fingerprint density at radius 1 is 1.30 bits per heavy atom. The van der Waals surface area contributed by atoms with E-state index in [0.29, 0.717) is 12.1 Å². The first-order chi connectivity index (χ1) is 9.48. The zero-order valence-corrected chi connectivity index (χ0v) is 13.7. The molecule has 1 saturated carbocycles. The van der Waals surface area contributed by atoms with Gasteiger partial charge in [-0.15, -0.1) is 0 Å². The minimum atomic E-state index is 0.305. The van der Waals surface area contributed by atoms with Gasteiger partial charge in [0.05, 0.1) is 10.7 Å². The van der Waals surface area contributed by atoms with Crippen molar-refractivity contribution in [3.63, 3.8) is 0 Å². The molecule has 0 unspecified atom stereocenters. The standard InChI is InChI=1S/C15H25ClN4/c1-17-10-13-12(16)6-7-14(18-13)20(4)11-15(19(2)3)8-5-9-15/h6-7,17H,5,8-11H2,1-4H3. The van der Waals surface area contributed by atoms with Crippen molar-refractivity contribution in [2.24, 2.45) is 0 Å². The van der Waals surface area contributed by atoms with Crippen molar-refractivity contribution >= 4 is 17.4 Å². The quantitative estimate of drug-likeness (QED) is 0.873. The highest BCUT2D eigenvalue weighted by atomic mass is 35.5. The van der Waals surface area contributed by atoms with Gasteiger partial charge in [-0.3, -0.25) is 0 Å². The first-order valence-corrected chi connectivity index (χ1v) is 7.55. The Labute approximate surface area is 127 Å². The number of rotatable bonds is 6. The number of halogens is 1. The molecule has 20 heavy (non-hydrogen) atoms. The van der Waals surface area contributed by atoms with Crippen LogP contribution in [0.2, 0.25) is 5.02 Å². The molecular formula is C15H25ClN4. The van der Waals surface area contributed by atoms with Crippen LogP contribution in [0.25, 0.3) is 0 Å². The van der Waals surface area contributed by atoms with E-state index in [1.54, 1.807) is 0 Å². The lowest BCUT2D eigenvalue weighted by Crippen LogP contribution is -2.56. The number of pyridine rings is 1. The summed E-state index contributed by atoms with van der Waals surface area (Å²) in [6.45, 7) is 1.70. The van der Waals surface area contributed by atoms with E-state index in [1.807, 2.05) is 19.2 Å². The summed E-state index contributed by atoms with van der Waals surface area (Å²) < 4.78 is 0.